The third kappa shape index (κ3) is 4.26. The van der Waals surface area contributed by atoms with Gasteiger partial charge in [0.25, 0.3) is 0 Å². The number of aryl methyl sites for hydroxylation is 1. The highest BCUT2D eigenvalue weighted by atomic mass is 35.5. The summed E-state index contributed by atoms with van der Waals surface area (Å²) in [6, 6.07) is 15.6. The molecule has 0 bridgehead atoms. The fraction of sp³-hybridized carbons (Fsp3) is 0.200. The smallest absolute Gasteiger partial charge is 0.307 e. The van der Waals surface area contributed by atoms with Crippen molar-refractivity contribution in [2.24, 2.45) is 0 Å². The Morgan fingerprint density at radius 2 is 1.73 bits per heavy atom. The van der Waals surface area contributed by atoms with Crippen LogP contribution >= 0.6 is 24.0 Å². The third-order valence-electron chi connectivity index (χ3n) is 4.23. The molecule has 1 heterocycles. The second-order valence-electron chi connectivity index (χ2n) is 6.10. The summed E-state index contributed by atoms with van der Waals surface area (Å²) >= 11 is 5.95. The van der Waals surface area contributed by atoms with Gasteiger partial charge in [-0.3, -0.25) is 4.79 Å². The van der Waals surface area contributed by atoms with Crippen LogP contribution in [-0.4, -0.2) is 23.1 Å². The topological polar surface area (TPSA) is 53.4 Å². The Morgan fingerprint density at radius 1 is 1.12 bits per heavy atom. The summed E-state index contributed by atoms with van der Waals surface area (Å²) in [5.74, 6) is -0.00508. The minimum atomic E-state index is -0.850. The van der Waals surface area contributed by atoms with Crippen LogP contribution in [0.5, 0.6) is 0 Å². The molecule has 3 rings (SSSR count). The van der Waals surface area contributed by atoms with Crippen molar-refractivity contribution in [3.05, 3.63) is 70.4 Å². The molecule has 0 fully saturated rings. The molecule has 26 heavy (non-hydrogen) atoms. The van der Waals surface area contributed by atoms with E-state index in [0.29, 0.717) is 11.6 Å². The van der Waals surface area contributed by atoms with Gasteiger partial charge < -0.3 is 10.0 Å². The quantitative estimate of drug-likeness (QED) is 0.674. The molecule has 0 aliphatic heterocycles. The van der Waals surface area contributed by atoms with Crippen LogP contribution in [0, 0.1) is 6.92 Å². The van der Waals surface area contributed by atoms with E-state index < -0.39 is 5.97 Å². The fourth-order valence-corrected chi connectivity index (χ4v) is 3.15. The van der Waals surface area contributed by atoms with Gasteiger partial charge in [0.15, 0.2) is 0 Å². The highest BCUT2D eigenvalue weighted by molar-refractivity contribution is 6.30. The summed E-state index contributed by atoms with van der Waals surface area (Å²) in [4.78, 5) is 18.0. The van der Waals surface area contributed by atoms with Gasteiger partial charge in [0.2, 0.25) is 0 Å². The van der Waals surface area contributed by atoms with E-state index in [9.17, 15) is 9.90 Å². The Labute approximate surface area is 163 Å². The van der Waals surface area contributed by atoms with Crippen molar-refractivity contribution >= 4 is 46.6 Å². The number of rotatable bonds is 5. The van der Waals surface area contributed by atoms with Crippen molar-refractivity contribution < 1.29 is 9.90 Å². The van der Waals surface area contributed by atoms with Crippen LogP contribution in [0.25, 0.3) is 10.8 Å². The lowest BCUT2D eigenvalue weighted by molar-refractivity contribution is -0.136. The van der Waals surface area contributed by atoms with Crippen molar-refractivity contribution in [1.29, 1.82) is 0 Å². The van der Waals surface area contributed by atoms with Crippen molar-refractivity contribution in [1.82, 2.24) is 4.98 Å². The zero-order valence-electron chi connectivity index (χ0n) is 14.6. The number of halogens is 2. The molecule has 0 saturated heterocycles. The van der Waals surface area contributed by atoms with E-state index in [1.807, 2.05) is 62.5 Å². The number of nitrogens with zero attached hydrogens (tertiary/aromatic N) is 2. The predicted octanol–water partition coefficient (Wildman–Crippen LogP) is 4.88. The normalized spacial score (nSPS) is 10.4. The van der Waals surface area contributed by atoms with Crippen molar-refractivity contribution in [2.75, 3.05) is 11.9 Å². The summed E-state index contributed by atoms with van der Waals surface area (Å²) < 4.78 is 0. The molecule has 0 atom stereocenters. The summed E-state index contributed by atoms with van der Waals surface area (Å²) in [7, 11) is 1.99. The molecule has 2 aromatic carbocycles. The fourth-order valence-electron chi connectivity index (χ4n) is 3.03. The number of anilines is 1. The standard InChI is InChI=1S/C20H19ClN2O2.ClH/c1-13-18(11-19(24)25)16-5-3-4-6-17(16)20(22-13)23(2)12-14-7-9-15(21)10-8-14;/h3-10H,11-12H2,1-2H3,(H,24,25);1H. The Morgan fingerprint density at radius 3 is 2.35 bits per heavy atom. The molecule has 0 aliphatic carbocycles. The number of hydrogen-bond donors (Lipinski definition) is 1. The van der Waals surface area contributed by atoms with E-state index in [0.717, 1.165) is 33.4 Å². The van der Waals surface area contributed by atoms with E-state index in [-0.39, 0.29) is 18.8 Å². The predicted molar refractivity (Wildman–Crippen MR) is 109 cm³/mol. The third-order valence-corrected chi connectivity index (χ3v) is 4.48. The van der Waals surface area contributed by atoms with Gasteiger partial charge in [-0.15, -0.1) is 12.4 Å². The number of carboxylic acids is 1. The minimum absolute atomic E-state index is 0. The first-order valence-corrected chi connectivity index (χ1v) is 8.39. The maximum absolute atomic E-state index is 11.2. The van der Waals surface area contributed by atoms with E-state index in [1.54, 1.807) is 0 Å². The molecule has 0 radical (unpaired) electrons. The van der Waals surface area contributed by atoms with Gasteiger partial charge in [0, 0.05) is 29.7 Å². The molecule has 0 amide bonds. The van der Waals surface area contributed by atoms with Gasteiger partial charge in [-0.05, 0) is 35.6 Å². The minimum Gasteiger partial charge on any atom is -0.481 e. The number of carbonyl (C=O) groups is 1. The Balaban J connectivity index is 0.00000243. The van der Waals surface area contributed by atoms with Crippen molar-refractivity contribution in [3.8, 4) is 0 Å². The van der Waals surface area contributed by atoms with Crippen LogP contribution < -0.4 is 4.90 Å². The number of aromatic nitrogens is 1. The number of carboxylic acid groups (broad SMARTS) is 1. The van der Waals surface area contributed by atoms with E-state index in [2.05, 4.69) is 4.90 Å². The number of pyridine rings is 1. The van der Waals surface area contributed by atoms with Gasteiger partial charge in [-0.25, -0.2) is 4.98 Å². The molecule has 3 aromatic rings. The summed E-state index contributed by atoms with van der Waals surface area (Å²) in [5, 5.41) is 11.8. The lowest BCUT2D eigenvalue weighted by Gasteiger charge is -2.22. The maximum Gasteiger partial charge on any atom is 0.307 e. The Kier molecular flexibility index (Phi) is 6.46. The monoisotopic (exact) mass is 390 g/mol. The van der Waals surface area contributed by atoms with Gasteiger partial charge in [0.1, 0.15) is 5.82 Å². The van der Waals surface area contributed by atoms with E-state index in [4.69, 9.17) is 16.6 Å². The molecular formula is C20H20Cl2N2O2. The second-order valence-corrected chi connectivity index (χ2v) is 6.53. The molecule has 4 nitrogen and oxygen atoms in total. The average Bonchev–Trinajstić information content (AvgIpc) is 2.59. The van der Waals surface area contributed by atoms with Gasteiger partial charge >= 0.3 is 5.97 Å². The number of benzene rings is 2. The highest BCUT2D eigenvalue weighted by Gasteiger charge is 2.16. The van der Waals surface area contributed by atoms with Crippen LogP contribution in [-0.2, 0) is 17.8 Å². The first kappa shape index (κ1) is 20.0. The molecule has 136 valence electrons. The van der Waals surface area contributed by atoms with Gasteiger partial charge in [0.05, 0.1) is 6.42 Å². The van der Waals surface area contributed by atoms with Gasteiger partial charge in [-0.1, -0.05) is 48.0 Å². The molecule has 0 unspecified atom stereocenters. The van der Waals surface area contributed by atoms with E-state index >= 15 is 0 Å². The zero-order valence-corrected chi connectivity index (χ0v) is 16.1. The van der Waals surface area contributed by atoms with Crippen molar-refractivity contribution in [3.63, 3.8) is 0 Å². The first-order valence-electron chi connectivity index (χ1n) is 8.01. The summed E-state index contributed by atoms with van der Waals surface area (Å²) in [6.45, 7) is 2.55. The molecule has 0 saturated carbocycles. The number of aliphatic carboxylic acids is 1. The zero-order chi connectivity index (χ0) is 18.0. The summed E-state index contributed by atoms with van der Waals surface area (Å²) in [5.41, 5.74) is 2.65. The number of hydrogen-bond acceptors (Lipinski definition) is 3. The van der Waals surface area contributed by atoms with Crippen molar-refractivity contribution in [2.45, 2.75) is 19.9 Å². The summed E-state index contributed by atoms with van der Waals surface area (Å²) in [6.07, 6.45) is -0.0273. The Bertz CT molecular complexity index is 927. The average molecular weight is 391 g/mol. The lowest BCUT2D eigenvalue weighted by atomic mass is 10.0. The van der Waals surface area contributed by atoms with Crippen LogP contribution in [0.15, 0.2) is 48.5 Å². The van der Waals surface area contributed by atoms with Crippen LogP contribution in [0.3, 0.4) is 0 Å². The molecule has 0 aliphatic rings. The number of fused-ring (bicyclic) bond motifs is 1. The van der Waals surface area contributed by atoms with Crippen LogP contribution in [0.1, 0.15) is 16.8 Å². The molecule has 1 N–H and O–H groups in total. The molecular weight excluding hydrogens is 371 g/mol. The molecule has 0 spiro atoms. The largest absolute Gasteiger partial charge is 0.481 e. The van der Waals surface area contributed by atoms with E-state index in [1.165, 1.54) is 0 Å². The second kappa shape index (κ2) is 8.39. The first-order chi connectivity index (χ1) is 12.0. The lowest BCUT2D eigenvalue weighted by Crippen LogP contribution is -2.19. The van der Waals surface area contributed by atoms with Crippen LogP contribution in [0.2, 0.25) is 5.02 Å². The molecule has 6 heteroatoms. The highest BCUT2D eigenvalue weighted by Crippen LogP contribution is 2.30. The Hall–Kier alpha value is -2.30. The van der Waals surface area contributed by atoms with Gasteiger partial charge in [-0.2, -0.15) is 0 Å². The SMILES string of the molecule is Cc1nc(N(C)Cc2ccc(Cl)cc2)c2ccccc2c1CC(=O)O.Cl. The maximum atomic E-state index is 11.2. The van der Waals surface area contributed by atoms with Crippen LogP contribution in [0.4, 0.5) is 5.82 Å². The molecule has 1 aromatic heterocycles.